The second kappa shape index (κ2) is 5.44. The van der Waals surface area contributed by atoms with Gasteiger partial charge in [-0.2, -0.15) is 4.98 Å². The van der Waals surface area contributed by atoms with Crippen LogP contribution in [0.3, 0.4) is 0 Å². The van der Waals surface area contributed by atoms with E-state index >= 15 is 0 Å². The van der Waals surface area contributed by atoms with Crippen LogP contribution in [0.5, 0.6) is 0 Å². The van der Waals surface area contributed by atoms with Gasteiger partial charge in [0.25, 0.3) is 0 Å². The third-order valence-corrected chi connectivity index (χ3v) is 3.41. The molecule has 0 radical (unpaired) electrons. The molecule has 1 fully saturated rings. The van der Waals surface area contributed by atoms with Crippen LogP contribution in [-0.4, -0.2) is 33.3 Å². The van der Waals surface area contributed by atoms with E-state index in [4.69, 9.17) is 9.26 Å². The molecule has 6 nitrogen and oxygen atoms in total. The Morgan fingerprint density at radius 1 is 1.32 bits per heavy atom. The molecule has 0 aliphatic carbocycles. The van der Waals surface area contributed by atoms with Gasteiger partial charge in [-0.25, -0.2) is 4.79 Å². The highest BCUT2D eigenvalue weighted by atomic mass is 16.6. The van der Waals surface area contributed by atoms with Gasteiger partial charge in [0.1, 0.15) is 11.6 Å². The van der Waals surface area contributed by atoms with Crippen LogP contribution >= 0.6 is 0 Å². The number of benzene rings is 1. The molecule has 1 atom stereocenters. The van der Waals surface area contributed by atoms with Crippen molar-refractivity contribution in [1.82, 2.24) is 15.0 Å². The molecule has 2 heterocycles. The Balaban J connectivity index is 1.73. The Labute approximate surface area is 129 Å². The first-order chi connectivity index (χ1) is 10.4. The minimum Gasteiger partial charge on any atom is -0.444 e. The molecule has 1 saturated heterocycles. The van der Waals surface area contributed by atoms with E-state index in [2.05, 4.69) is 10.1 Å². The summed E-state index contributed by atoms with van der Waals surface area (Å²) in [5.41, 5.74) is 0.377. The number of hydrogen-bond acceptors (Lipinski definition) is 5. The molecule has 2 aromatic rings. The summed E-state index contributed by atoms with van der Waals surface area (Å²) in [6.07, 6.45) is 0.457. The molecule has 6 heteroatoms. The fourth-order valence-electron chi connectivity index (χ4n) is 2.26. The molecule has 1 aliphatic rings. The number of carbonyl (C=O) groups is 1. The van der Waals surface area contributed by atoms with E-state index in [1.54, 1.807) is 4.90 Å². The van der Waals surface area contributed by atoms with E-state index in [9.17, 15) is 4.79 Å². The van der Waals surface area contributed by atoms with Crippen molar-refractivity contribution in [2.75, 3.05) is 6.54 Å². The third-order valence-electron chi connectivity index (χ3n) is 3.41. The second-order valence-electron chi connectivity index (χ2n) is 6.30. The second-order valence-corrected chi connectivity index (χ2v) is 6.30. The summed E-state index contributed by atoms with van der Waals surface area (Å²) in [5.74, 6) is 0.989. The van der Waals surface area contributed by atoms with Crippen LogP contribution in [0, 0.1) is 0 Å². The lowest BCUT2D eigenvalue weighted by Crippen LogP contribution is -2.47. The molecular formula is C16H19N3O3. The molecule has 1 aromatic heterocycles. The normalized spacial score (nSPS) is 18.0. The van der Waals surface area contributed by atoms with E-state index in [-0.39, 0.29) is 12.1 Å². The first-order valence-corrected chi connectivity index (χ1v) is 7.33. The van der Waals surface area contributed by atoms with Crippen molar-refractivity contribution in [1.29, 1.82) is 0 Å². The van der Waals surface area contributed by atoms with E-state index in [0.717, 1.165) is 12.0 Å². The Hall–Kier alpha value is -2.37. The Bertz CT molecular complexity index is 661. The molecule has 0 spiro atoms. The average molecular weight is 301 g/mol. The van der Waals surface area contributed by atoms with Gasteiger partial charge in [0.05, 0.1) is 0 Å². The van der Waals surface area contributed by atoms with Crippen LogP contribution in [0.2, 0.25) is 0 Å². The van der Waals surface area contributed by atoms with Crippen molar-refractivity contribution < 1.29 is 14.1 Å². The smallest absolute Gasteiger partial charge is 0.410 e. The molecule has 1 amide bonds. The predicted octanol–water partition coefficient (Wildman–Crippen LogP) is 3.42. The Morgan fingerprint density at radius 3 is 2.64 bits per heavy atom. The summed E-state index contributed by atoms with van der Waals surface area (Å²) >= 11 is 0. The molecule has 0 bridgehead atoms. The number of likely N-dealkylation sites (tertiary alicyclic amines) is 1. The van der Waals surface area contributed by atoms with Crippen molar-refractivity contribution >= 4 is 6.09 Å². The topological polar surface area (TPSA) is 68.5 Å². The van der Waals surface area contributed by atoms with Crippen molar-refractivity contribution in [3.8, 4) is 11.4 Å². The maximum atomic E-state index is 12.1. The molecule has 0 saturated carbocycles. The molecule has 1 aliphatic heterocycles. The van der Waals surface area contributed by atoms with Gasteiger partial charge in [0.2, 0.25) is 11.7 Å². The first kappa shape index (κ1) is 14.6. The van der Waals surface area contributed by atoms with Crippen LogP contribution < -0.4 is 0 Å². The highest BCUT2D eigenvalue weighted by Crippen LogP contribution is 2.34. The van der Waals surface area contributed by atoms with Gasteiger partial charge in [-0.05, 0) is 27.2 Å². The molecule has 22 heavy (non-hydrogen) atoms. The fraction of sp³-hybridized carbons (Fsp3) is 0.438. The van der Waals surface area contributed by atoms with E-state index in [0.29, 0.717) is 18.3 Å². The van der Waals surface area contributed by atoms with Crippen molar-refractivity contribution in [3.63, 3.8) is 0 Å². The minimum atomic E-state index is -0.513. The SMILES string of the molecule is CC(C)(C)OC(=O)N1CCC1c1nc(-c2ccccc2)no1. The molecule has 1 aromatic carbocycles. The number of aromatic nitrogens is 2. The fourth-order valence-corrected chi connectivity index (χ4v) is 2.26. The first-order valence-electron chi connectivity index (χ1n) is 7.33. The highest BCUT2D eigenvalue weighted by Gasteiger charge is 2.39. The average Bonchev–Trinajstić information content (AvgIpc) is 2.85. The lowest BCUT2D eigenvalue weighted by molar-refractivity contribution is -0.0119. The summed E-state index contributed by atoms with van der Waals surface area (Å²) in [6, 6.07) is 9.41. The number of rotatable bonds is 2. The van der Waals surface area contributed by atoms with E-state index in [1.165, 1.54) is 0 Å². The zero-order valence-electron chi connectivity index (χ0n) is 12.9. The van der Waals surface area contributed by atoms with E-state index in [1.807, 2.05) is 51.1 Å². The monoisotopic (exact) mass is 301 g/mol. The van der Waals surface area contributed by atoms with E-state index < -0.39 is 5.60 Å². The maximum Gasteiger partial charge on any atom is 0.410 e. The number of carbonyl (C=O) groups excluding carboxylic acids is 1. The van der Waals surface area contributed by atoms with Gasteiger partial charge in [-0.1, -0.05) is 35.5 Å². The van der Waals surface area contributed by atoms with Gasteiger partial charge in [0.15, 0.2) is 0 Å². The summed E-state index contributed by atoms with van der Waals surface area (Å²) in [4.78, 5) is 18.1. The summed E-state index contributed by atoms with van der Waals surface area (Å²) in [7, 11) is 0. The lowest BCUT2D eigenvalue weighted by Gasteiger charge is -2.39. The van der Waals surface area contributed by atoms with Crippen LogP contribution in [0.15, 0.2) is 34.9 Å². The van der Waals surface area contributed by atoms with Crippen LogP contribution in [0.1, 0.15) is 39.1 Å². The molecular weight excluding hydrogens is 282 g/mol. The lowest BCUT2D eigenvalue weighted by atomic mass is 10.0. The number of nitrogens with zero attached hydrogens (tertiary/aromatic N) is 3. The third kappa shape index (κ3) is 2.95. The minimum absolute atomic E-state index is 0.195. The van der Waals surface area contributed by atoms with Crippen molar-refractivity contribution in [2.45, 2.75) is 38.8 Å². The Kier molecular flexibility index (Phi) is 3.60. The van der Waals surface area contributed by atoms with Crippen LogP contribution in [-0.2, 0) is 4.74 Å². The summed E-state index contributed by atoms with van der Waals surface area (Å²) in [6.45, 7) is 6.18. The summed E-state index contributed by atoms with van der Waals surface area (Å²) in [5, 5.41) is 3.99. The maximum absolute atomic E-state index is 12.1. The molecule has 1 unspecified atom stereocenters. The quantitative estimate of drug-likeness (QED) is 0.850. The molecule has 3 rings (SSSR count). The van der Waals surface area contributed by atoms with Gasteiger partial charge < -0.3 is 9.26 Å². The van der Waals surface area contributed by atoms with Gasteiger partial charge in [-0.3, -0.25) is 4.90 Å². The highest BCUT2D eigenvalue weighted by molar-refractivity contribution is 5.69. The number of ether oxygens (including phenoxy) is 1. The van der Waals surface area contributed by atoms with Crippen molar-refractivity contribution in [3.05, 3.63) is 36.2 Å². The largest absolute Gasteiger partial charge is 0.444 e. The zero-order valence-corrected chi connectivity index (χ0v) is 12.9. The van der Waals surface area contributed by atoms with Crippen LogP contribution in [0.25, 0.3) is 11.4 Å². The van der Waals surface area contributed by atoms with Crippen LogP contribution in [0.4, 0.5) is 4.79 Å². The molecule has 116 valence electrons. The van der Waals surface area contributed by atoms with Crippen molar-refractivity contribution in [2.24, 2.45) is 0 Å². The predicted molar refractivity (Wildman–Crippen MR) is 80.0 cm³/mol. The van der Waals surface area contributed by atoms with Gasteiger partial charge in [-0.15, -0.1) is 0 Å². The summed E-state index contributed by atoms with van der Waals surface area (Å²) < 4.78 is 10.7. The Morgan fingerprint density at radius 2 is 2.05 bits per heavy atom. The molecule has 0 N–H and O–H groups in total. The van der Waals surface area contributed by atoms with Gasteiger partial charge >= 0.3 is 6.09 Å². The standard InChI is InChI=1S/C16H19N3O3/c1-16(2,3)21-15(20)19-10-9-12(19)14-17-13(18-22-14)11-7-5-4-6-8-11/h4-8,12H,9-10H2,1-3H3. The number of hydrogen-bond donors (Lipinski definition) is 0. The number of amides is 1. The van der Waals surface area contributed by atoms with Gasteiger partial charge in [0, 0.05) is 12.1 Å². The zero-order chi connectivity index (χ0) is 15.7.